The van der Waals surface area contributed by atoms with Crippen molar-refractivity contribution in [3.8, 4) is 18.1 Å². The summed E-state index contributed by atoms with van der Waals surface area (Å²) in [5, 5.41) is 0. The molecule has 0 N–H and O–H groups in total. The van der Waals surface area contributed by atoms with Gasteiger partial charge in [0.2, 0.25) is 0 Å². The molecule has 17 heavy (non-hydrogen) atoms. The van der Waals surface area contributed by atoms with Crippen molar-refractivity contribution in [3.05, 3.63) is 65.5 Å². The van der Waals surface area contributed by atoms with Gasteiger partial charge in [-0.1, -0.05) is 18.1 Å². The Hall–Kier alpha value is -2.27. The first kappa shape index (κ1) is 11.2. The third-order valence-corrected chi connectivity index (χ3v) is 2.32. The molecule has 0 bridgehead atoms. The van der Waals surface area contributed by atoms with E-state index in [1.807, 2.05) is 6.07 Å². The zero-order valence-electron chi connectivity index (χ0n) is 9.19. The van der Waals surface area contributed by atoms with Crippen molar-refractivity contribution in [1.82, 2.24) is 0 Å². The van der Waals surface area contributed by atoms with Crippen LogP contribution in [-0.4, -0.2) is 0 Å². The molecule has 2 aromatic carbocycles. The van der Waals surface area contributed by atoms with Crippen LogP contribution >= 0.6 is 0 Å². The lowest BCUT2D eigenvalue weighted by Crippen LogP contribution is -1.95. The lowest BCUT2D eigenvalue weighted by atomic mass is 10.2. The molecular weight excluding hydrogens is 215 g/mol. The number of benzene rings is 2. The Morgan fingerprint density at radius 2 is 1.88 bits per heavy atom. The fourth-order valence-corrected chi connectivity index (χ4v) is 1.44. The number of hydrogen-bond donors (Lipinski definition) is 0. The molecule has 0 unspecified atom stereocenters. The first-order chi connectivity index (χ1) is 8.28. The van der Waals surface area contributed by atoms with Crippen molar-refractivity contribution in [2.75, 3.05) is 0 Å². The highest BCUT2D eigenvalue weighted by Crippen LogP contribution is 2.14. The van der Waals surface area contributed by atoms with Gasteiger partial charge in [-0.15, -0.1) is 6.42 Å². The zero-order valence-corrected chi connectivity index (χ0v) is 9.19. The largest absolute Gasteiger partial charge is 0.489 e. The maximum absolute atomic E-state index is 12.9. The molecule has 2 rings (SSSR count). The second-order valence-electron chi connectivity index (χ2n) is 3.59. The monoisotopic (exact) mass is 226 g/mol. The van der Waals surface area contributed by atoms with Gasteiger partial charge in [0, 0.05) is 5.56 Å². The van der Waals surface area contributed by atoms with Crippen molar-refractivity contribution in [1.29, 1.82) is 0 Å². The highest BCUT2D eigenvalue weighted by atomic mass is 19.1. The highest BCUT2D eigenvalue weighted by Gasteiger charge is 1.97. The molecule has 0 atom stereocenters. The molecule has 2 aromatic rings. The van der Waals surface area contributed by atoms with Crippen LogP contribution in [0.5, 0.6) is 5.75 Å². The molecule has 0 radical (unpaired) electrons. The van der Waals surface area contributed by atoms with Crippen LogP contribution in [0.4, 0.5) is 4.39 Å². The molecule has 0 aliphatic rings. The summed E-state index contributed by atoms with van der Waals surface area (Å²) in [7, 11) is 0. The minimum absolute atomic E-state index is 0.256. The topological polar surface area (TPSA) is 9.23 Å². The summed E-state index contributed by atoms with van der Waals surface area (Å²) in [6, 6.07) is 13.6. The van der Waals surface area contributed by atoms with Gasteiger partial charge >= 0.3 is 0 Å². The highest BCUT2D eigenvalue weighted by molar-refractivity contribution is 5.36. The first-order valence-electron chi connectivity index (χ1n) is 5.22. The smallest absolute Gasteiger partial charge is 0.123 e. The number of hydrogen-bond acceptors (Lipinski definition) is 1. The van der Waals surface area contributed by atoms with Crippen molar-refractivity contribution in [2.24, 2.45) is 0 Å². The quantitative estimate of drug-likeness (QED) is 0.729. The number of ether oxygens (including phenoxy) is 1. The molecule has 0 heterocycles. The van der Waals surface area contributed by atoms with Crippen LogP contribution in [0.1, 0.15) is 11.1 Å². The van der Waals surface area contributed by atoms with E-state index in [2.05, 4.69) is 5.92 Å². The summed E-state index contributed by atoms with van der Waals surface area (Å²) < 4.78 is 18.4. The Bertz CT molecular complexity index is 538. The first-order valence-corrected chi connectivity index (χ1v) is 5.22. The van der Waals surface area contributed by atoms with Crippen LogP contribution < -0.4 is 4.74 Å². The molecule has 0 saturated heterocycles. The van der Waals surface area contributed by atoms with E-state index in [1.54, 1.807) is 30.3 Å². The molecule has 84 valence electrons. The van der Waals surface area contributed by atoms with E-state index >= 15 is 0 Å². The lowest BCUT2D eigenvalue weighted by molar-refractivity contribution is 0.305. The maximum Gasteiger partial charge on any atom is 0.123 e. The standard InChI is InChI=1S/C15H11FO/c1-2-12-6-8-15(9-7-12)17-11-13-4-3-5-14(16)10-13/h1,3-10H,11H2. The summed E-state index contributed by atoms with van der Waals surface area (Å²) in [6.07, 6.45) is 5.25. The molecule has 0 aromatic heterocycles. The fourth-order valence-electron chi connectivity index (χ4n) is 1.44. The SMILES string of the molecule is C#Cc1ccc(OCc2cccc(F)c2)cc1. The maximum atomic E-state index is 12.9. The predicted molar refractivity (Wildman–Crippen MR) is 65.1 cm³/mol. The van der Waals surface area contributed by atoms with Gasteiger partial charge in [-0.2, -0.15) is 0 Å². The molecule has 0 fully saturated rings. The van der Waals surface area contributed by atoms with Crippen LogP contribution in [0.15, 0.2) is 48.5 Å². The van der Waals surface area contributed by atoms with E-state index in [0.29, 0.717) is 12.4 Å². The second-order valence-corrected chi connectivity index (χ2v) is 3.59. The van der Waals surface area contributed by atoms with Gasteiger partial charge in [-0.05, 0) is 42.0 Å². The van der Waals surface area contributed by atoms with Crippen LogP contribution in [0.2, 0.25) is 0 Å². The zero-order chi connectivity index (χ0) is 12.1. The summed E-state index contributed by atoms with van der Waals surface area (Å²) >= 11 is 0. The van der Waals surface area contributed by atoms with Gasteiger partial charge in [-0.3, -0.25) is 0 Å². The van der Waals surface area contributed by atoms with E-state index in [0.717, 1.165) is 11.1 Å². The van der Waals surface area contributed by atoms with E-state index < -0.39 is 0 Å². The number of rotatable bonds is 3. The van der Waals surface area contributed by atoms with Gasteiger partial charge < -0.3 is 4.74 Å². The molecule has 0 amide bonds. The third-order valence-electron chi connectivity index (χ3n) is 2.32. The Morgan fingerprint density at radius 1 is 1.12 bits per heavy atom. The van der Waals surface area contributed by atoms with Crippen molar-refractivity contribution in [3.63, 3.8) is 0 Å². The molecule has 1 nitrogen and oxygen atoms in total. The van der Waals surface area contributed by atoms with Crippen LogP contribution in [-0.2, 0) is 6.61 Å². The van der Waals surface area contributed by atoms with Crippen molar-refractivity contribution < 1.29 is 9.13 Å². The van der Waals surface area contributed by atoms with Crippen LogP contribution in [0.25, 0.3) is 0 Å². The van der Waals surface area contributed by atoms with Gasteiger partial charge in [0.25, 0.3) is 0 Å². The molecule has 0 saturated carbocycles. The van der Waals surface area contributed by atoms with Gasteiger partial charge in [0.15, 0.2) is 0 Å². The third kappa shape index (κ3) is 3.09. The lowest BCUT2D eigenvalue weighted by Gasteiger charge is -2.06. The van der Waals surface area contributed by atoms with Crippen molar-refractivity contribution in [2.45, 2.75) is 6.61 Å². The Morgan fingerprint density at radius 3 is 2.53 bits per heavy atom. The van der Waals surface area contributed by atoms with Crippen molar-refractivity contribution >= 4 is 0 Å². The molecular formula is C15H11FO. The molecule has 2 heteroatoms. The molecule has 0 aliphatic carbocycles. The van der Waals surface area contributed by atoms with E-state index in [1.165, 1.54) is 12.1 Å². The average molecular weight is 226 g/mol. The predicted octanol–water partition coefficient (Wildman–Crippen LogP) is 3.39. The molecule has 0 spiro atoms. The minimum atomic E-state index is -0.256. The van der Waals surface area contributed by atoms with E-state index in [4.69, 9.17) is 11.2 Å². The normalized spacial score (nSPS) is 9.65. The van der Waals surface area contributed by atoms with Gasteiger partial charge in [0.1, 0.15) is 18.2 Å². The van der Waals surface area contributed by atoms with Crippen LogP contribution in [0.3, 0.4) is 0 Å². The Labute approximate surface area is 99.9 Å². The summed E-state index contributed by atoms with van der Waals surface area (Å²) in [4.78, 5) is 0. The van der Waals surface area contributed by atoms with Crippen LogP contribution in [0, 0.1) is 18.2 Å². The van der Waals surface area contributed by atoms with Gasteiger partial charge in [0.05, 0.1) is 0 Å². The summed E-state index contributed by atoms with van der Waals surface area (Å²) in [6.45, 7) is 0.340. The van der Waals surface area contributed by atoms with E-state index in [9.17, 15) is 4.39 Å². The summed E-state index contributed by atoms with van der Waals surface area (Å²) in [5.74, 6) is 2.99. The average Bonchev–Trinajstić information content (AvgIpc) is 2.37. The summed E-state index contributed by atoms with van der Waals surface area (Å²) in [5.41, 5.74) is 1.61. The Balaban J connectivity index is 2.00. The molecule has 0 aliphatic heterocycles. The van der Waals surface area contributed by atoms with Gasteiger partial charge in [-0.25, -0.2) is 4.39 Å². The number of terminal acetylenes is 1. The second kappa shape index (κ2) is 5.18. The minimum Gasteiger partial charge on any atom is -0.489 e. The van der Waals surface area contributed by atoms with E-state index in [-0.39, 0.29) is 5.82 Å². The number of halogens is 1. The fraction of sp³-hybridized carbons (Fsp3) is 0.0667. The Kier molecular flexibility index (Phi) is 3.42.